The van der Waals surface area contributed by atoms with Gasteiger partial charge in [-0.05, 0) is 36.8 Å². The van der Waals surface area contributed by atoms with E-state index in [0.29, 0.717) is 42.4 Å². The summed E-state index contributed by atoms with van der Waals surface area (Å²) in [6, 6.07) is 13.5. The average molecular weight is 390 g/mol. The minimum atomic E-state index is -0.316. The Kier molecular flexibility index (Phi) is 6.29. The van der Waals surface area contributed by atoms with E-state index in [1.54, 1.807) is 23.1 Å². The van der Waals surface area contributed by atoms with Gasteiger partial charge >= 0.3 is 6.03 Å². The van der Waals surface area contributed by atoms with Gasteiger partial charge in [-0.3, -0.25) is 0 Å². The number of carbonyl (C=O) groups excluding carboxylic acids is 1. The van der Waals surface area contributed by atoms with Crippen LogP contribution in [0.2, 0.25) is 5.02 Å². The summed E-state index contributed by atoms with van der Waals surface area (Å²) in [5, 5.41) is 7.52. The monoisotopic (exact) mass is 389 g/mol. The van der Waals surface area contributed by atoms with Gasteiger partial charge in [-0.2, -0.15) is 0 Å². The van der Waals surface area contributed by atoms with Crippen LogP contribution in [0.4, 0.5) is 9.18 Å². The van der Waals surface area contributed by atoms with E-state index in [1.807, 2.05) is 25.1 Å². The second-order valence-corrected chi connectivity index (χ2v) is 6.76. The Labute approximate surface area is 162 Å². The van der Waals surface area contributed by atoms with Crippen molar-refractivity contribution in [1.82, 2.24) is 10.2 Å². The van der Waals surface area contributed by atoms with E-state index in [1.165, 1.54) is 12.1 Å². The fourth-order valence-corrected chi connectivity index (χ4v) is 3.16. The summed E-state index contributed by atoms with van der Waals surface area (Å²) in [6.45, 7) is 3.16. The number of hydrogen-bond donors (Lipinski definition) is 1. The van der Waals surface area contributed by atoms with Crippen LogP contribution in [-0.4, -0.2) is 35.8 Å². The highest BCUT2D eigenvalue weighted by Gasteiger charge is 2.27. The topological polar surface area (TPSA) is 53.9 Å². The first-order chi connectivity index (χ1) is 13.0. The first-order valence-electron chi connectivity index (χ1n) is 8.81. The minimum Gasteiger partial charge on any atom is -0.390 e. The first-order valence-corrected chi connectivity index (χ1v) is 9.18. The number of urea groups is 1. The molecular weight excluding hydrogens is 369 g/mol. The van der Waals surface area contributed by atoms with Gasteiger partial charge < -0.3 is 15.1 Å². The summed E-state index contributed by atoms with van der Waals surface area (Å²) < 4.78 is 13.4. The van der Waals surface area contributed by atoms with Crippen LogP contribution in [-0.2, 0) is 11.4 Å². The fourth-order valence-electron chi connectivity index (χ4n) is 2.95. The van der Waals surface area contributed by atoms with Crippen LogP contribution in [0.15, 0.2) is 53.7 Å². The third-order valence-corrected chi connectivity index (χ3v) is 4.43. The molecule has 1 atom stereocenters. The summed E-state index contributed by atoms with van der Waals surface area (Å²) in [5.41, 5.74) is 2.30. The molecule has 1 aliphatic heterocycles. The second kappa shape index (κ2) is 8.86. The summed E-state index contributed by atoms with van der Waals surface area (Å²) in [4.78, 5) is 19.6. The van der Waals surface area contributed by atoms with Crippen LogP contribution < -0.4 is 5.32 Å². The first kappa shape index (κ1) is 19.2. The highest BCUT2D eigenvalue weighted by Crippen LogP contribution is 2.20. The van der Waals surface area contributed by atoms with Crippen molar-refractivity contribution in [1.29, 1.82) is 0 Å². The maximum Gasteiger partial charge on any atom is 0.317 e. The Morgan fingerprint density at radius 1 is 1.33 bits per heavy atom. The number of benzene rings is 2. The summed E-state index contributed by atoms with van der Waals surface area (Å²) in [7, 11) is 0. The molecule has 0 fully saturated rings. The van der Waals surface area contributed by atoms with Crippen molar-refractivity contribution in [2.75, 3.05) is 13.1 Å². The molecule has 0 aromatic heterocycles. The third kappa shape index (κ3) is 5.20. The number of amides is 2. The molecule has 2 aromatic carbocycles. The number of carbonyl (C=O) groups is 1. The normalized spacial score (nSPS) is 15.8. The molecule has 5 nitrogen and oxygen atoms in total. The van der Waals surface area contributed by atoms with Gasteiger partial charge in [0.05, 0.1) is 12.3 Å². The van der Waals surface area contributed by atoms with E-state index in [-0.39, 0.29) is 18.0 Å². The lowest BCUT2D eigenvalue weighted by Crippen LogP contribution is -2.43. The lowest BCUT2D eigenvalue weighted by Gasteiger charge is -2.25. The van der Waals surface area contributed by atoms with Crippen molar-refractivity contribution in [3.63, 3.8) is 0 Å². The molecule has 0 aliphatic carbocycles. The predicted molar refractivity (Wildman–Crippen MR) is 103 cm³/mol. The molecule has 2 amide bonds. The van der Waals surface area contributed by atoms with Gasteiger partial charge in [-0.1, -0.05) is 41.0 Å². The summed E-state index contributed by atoms with van der Waals surface area (Å²) >= 11 is 6.05. The smallest absolute Gasteiger partial charge is 0.317 e. The maximum atomic E-state index is 13.4. The summed E-state index contributed by atoms with van der Waals surface area (Å²) in [6.07, 6.45) is 0.222. The van der Waals surface area contributed by atoms with E-state index in [4.69, 9.17) is 16.4 Å². The van der Waals surface area contributed by atoms with Gasteiger partial charge in [-0.15, -0.1) is 0 Å². The van der Waals surface area contributed by atoms with Crippen LogP contribution in [0, 0.1) is 5.82 Å². The van der Waals surface area contributed by atoms with Gasteiger partial charge in [0, 0.05) is 30.1 Å². The zero-order chi connectivity index (χ0) is 19.2. The number of nitrogens with zero attached hydrogens (tertiary/aromatic N) is 2. The van der Waals surface area contributed by atoms with Gasteiger partial charge in [-0.25, -0.2) is 9.18 Å². The van der Waals surface area contributed by atoms with Crippen LogP contribution in [0.1, 0.15) is 24.5 Å². The van der Waals surface area contributed by atoms with E-state index < -0.39 is 0 Å². The van der Waals surface area contributed by atoms with Crippen LogP contribution in [0.3, 0.4) is 0 Å². The molecular formula is C20H21ClFN3O2. The molecule has 0 saturated heterocycles. The van der Waals surface area contributed by atoms with E-state index in [0.717, 1.165) is 5.56 Å². The Morgan fingerprint density at radius 3 is 2.89 bits per heavy atom. The SMILES string of the molecule is CCNC(=O)N(Cc1cccc(Cl)c1)C[C@@H]1CC(c2cccc(F)c2)=NO1. The molecule has 3 rings (SSSR count). The predicted octanol–water partition coefficient (Wildman–Crippen LogP) is 4.20. The molecule has 7 heteroatoms. The quantitative estimate of drug-likeness (QED) is 0.804. The zero-order valence-electron chi connectivity index (χ0n) is 15.0. The largest absolute Gasteiger partial charge is 0.390 e. The van der Waals surface area contributed by atoms with Crippen LogP contribution in [0.5, 0.6) is 0 Å². The molecule has 0 bridgehead atoms. The zero-order valence-corrected chi connectivity index (χ0v) is 15.7. The fraction of sp³-hybridized carbons (Fsp3) is 0.300. The van der Waals surface area contributed by atoms with Gasteiger partial charge in [0.15, 0.2) is 6.10 Å². The van der Waals surface area contributed by atoms with Gasteiger partial charge in [0.2, 0.25) is 0 Å². The van der Waals surface area contributed by atoms with E-state index in [2.05, 4.69) is 10.5 Å². The number of hydrogen-bond acceptors (Lipinski definition) is 3. The maximum absolute atomic E-state index is 13.4. The van der Waals surface area contributed by atoms with Crippen molar-refractivity contribution in [3.05, 3.63) is 70.5 Å². The lowest BCUT2D eigenvalue weighted by atomic mass is 10.0. The summed E-state index contributed by atoms with van der Waals surface area (Å²) in [5.74, 6) is -0.316. The van der Waals surface area contributed by atoms with Crippen LogP contribution >= 0.6 is 11.6 Å². The molecule has 0 radical (unpaired) electrons. The Balaban J connectivity index is 1.67. The molecule has 0 spiro atoms. The average Bonchev–Trinajstić information content (AvgIpc) is 3.10. The highest BCUT2D eigenvalue weighted by atomic mass is 35.5. The second-order valence-electron chi connectivity index (χ2n) is 6.33. The van der Waals surface area contributed by atoms with E-state index in [9.17, 15) is 9.18 Å². The van der Waals surface area contributed by atoms with Crippen molar-refractivity contribution < 1.29 is 14.0 Å². The van der Waals surface area contributed by atoms with Crippen molar-refractivity contribution in [2.24, 2.45) is 5.16 Å². The number of halogens is 2. The standard InChI is InChI=1S/C20H21ClFN3O2/c1-2-23-20(26)25(12-14-5-3-7-16(21)9-14)13-18-11-19(24-27-18)15-6-4-8-17(22)10-15/h3-10,18H,2,11-13H2,1H3,(H,23,26)/t18-/m0/s1. The van der Waals surface area contributed by atoms with E-state index >= 15 is 0 Å². The third-order valence-electron chi connectivity index (χ3n) is 4.19. The molecule has 1 aliphatic rings. The van der Waals surface area contributed by atoms with Crippen molar-refractivity contribution >= 4 is 23.3 Å². The van der Waals surface area contributed by atoms with Gasteiger partial charge in [0.1, 0.15) is 5.82 Å². The number of nitrogens with one attached hydrogen (secondary N) is 1. The number of oxime groups is 1. The molecule has 1 N–H and O–H groups in total. The Hall–Kier alpha value is -2.60. The van der Waals surface area contributed by atoms with Gasteiger partial charge in [0.25, 0.3) is 0 Å². The Bertz CT molecular complexity index is 843. The molecule has 0 unspecified atom stereocenters. The lowest BCUT2D eigenvalue weighted by molar-refractivity contribution is 0.0590. The molecule has 0 saturated carbocycles. The number of rotatable bonds is 6. The molecule has 27 heavy (non-hydrogen) atoms. The molecule has 1 heterocycles. The molecule has 2 aromatic rings. The highest BCUT2D eigenvalue weighted by molar-refractivity contribution is 6.30. The van der Waals surface area contributed by atoms with Crippen LogP contribution in [0.25, 0.3) is 0 Å². The molecule has 142 valence electrons. The van der Waals surface area contributed by atoms with Crippen molar-refractivity contribution in [3.8, 4) is 0 Å². The van der Waals surface area contributed by atoms with Crippen molar-refractivity contribution in [2.45, 2.75) is 26.0 Å². The Morgan fingerprint density at radius 2 is 2.15 bits per heavy atom. The minimum absolute atomic E-state index is 0.180.